The van der Waals surface area contributed by atoms with Crippen molar-refractivity contribution in [2.45, 2.75) is 18.6 Å². The second-order valence-electron chi connectivity index (χ2n) is 3.74. The van der Waals surface area contributed by atoms with Crippen molar-refractivity contribution < 1.29 is 22.7 Å². The summed E-state index contributed by atoms with van der Waals surface area (Å²) in [5, 5.41) is 2.04. The summed E-state index contributed by atoms with van der Waals surface area (Å²) < 4.78 is 42.2. The van der Waals surface area contributed by atoms with Crippen LogP contribution in [0.2, 0.25) is 0 Å². The van der Waals surface area contributed by atoms with E-state index in [0.717, 1.165) is 0 Å². The van der Waals surface area contributed by atoms with Crippen LogP contribution in [-0.2, 0) is 4.79 Å². The number of carbonyl (C=O) groups excluding carboxylic acids is 1. The summed E-state index contributed by atoms with van der Waals surface area (Å²) in [5.74, 6) is -1.08. The first-order valence-corrected chi connectivity index (χ1v) is 4.85. The average molecular weight is 263 g/mol. The third-order valence-electron chi connectivity index (χ3n) is 2.26. The molecule has 0 bridgehead atoms. The largest absolute Gasteiger partial charge is 0.481 e. The summed E-state index contributed by atoms with van der Waals surface area (Å²) in [5.41, 5.74) is 2.09. The van der Waals surface area contributed by atoms with E-state index in [2.05, 4.69) is 4.98 Å². The maximum atomic E-state index is 12.5. The Hall–Kier alpha value is -1.83. The number of rotatable bonds is 3. The number of nitrogens with zero attached hydrogens (tertiary/aromatic N) is 1. The topological polar surface area (TPSA) is 77.2 Å². The Morgan fingerprint density at radius 1 is 1.44 bits per heavy atom. The van der Waals surface area contributed by atoms with Gasteiger partial charge in [0.1, 0.15) is 0 Å². The monoisotopic (exact) mass is 263 g/mol. The quantitative estimate of drug-likeness (QED) is 0.862. The van der Waals surface area contributed by atoms with E-state index in [4.69, 9.17) is 10.5 Å². The molecule has 1 atom stereocenters. The number of carbonyl (C=O) groups is 1. The molecule has 1 aromatic rings. The summed E-state index contributed by atoms with van der Waals surface area (Å²) in [6.45, 7) is 0.597. The Morgan fingerprint density at radius 2 is 2.06 bits per heavy atom. The second-order valence-corrected chi connectivity index (χ2v) is 3.74. The van der Waals surface area contributed by atoms with Gasteiger partial charge >= 0.3 is 6.18 Å². The van der Waals surface area contributed by atoms with E-state index in [9.17, 15) is 18.0 Å². The van der Waals surface area contributed by atoms with E-state index in [1.165, 1.54) is 25.4 Å². The Labute approximate surface area is 101 Å². The van der Waals surface area contributed by atoms with E-state index in [-0.39, 0.29) is 11.6 Å². The molecule has 1 aromatic heterocycles. The van der Waals surface area contributed by atoms with Crippen LogP contribution >= 0.6 is 0 Å². The number of pyridine rings is 1. The summed E-state index contributed by atoms with van der Waals surface area (Å²) in [6.07, 6.45) is -3.67. The van der Waals surface area contributed by atoms with Crippen LogP contribution in [0.5, 0.6) is 5.88 Å². The van der Waals surface area contributed by atoms with Crippen molar-refractivity contribution in [1.82, 2.24) is 4.98 Å². The Kier molecular flexibility index (Phi) is 3.80. The predicted molar refractivity (Wildman–Crippen MR) is 58.1 cm³/mol. The first-order valence-electron chi connectivity index (χ1n) is 4.85. The van der Waals surface area contributed by atoms with Gasteiger partial charge in [-0.15, -0.1) is 0 Å². The van der Waals surface area contributed by atoms with Gasteiger partial charge in [-0.2, -0.15) is 13.2 Å². The Balaban J connectivity index is 2.81. The molecule has 1 heterocycles. The van der Waals surface area contributed by atoms with Crippen LogP contribution in [0.1, 0.15) is 6.92 Å². The van der Waals surface area contributed by atoms with Crippen molar-refractivity contribution in [2.75, 3.05) is 12.4 Å². The lowest BCUT2D eigenvalue weighted by molar-refractivity contribution is -0.184. The molecule has 0 saturated heterocycles. The highest BCUT2D eigenvalue weighted by atomic mass is 19.4. The number of amides is 1. The van der Waals surface area contributed by atoms with Gasteiger partial charge in [0.2, 0.25) is 5.88 Å². The first-order chi connectivity index (χ1) is 8.18. The highest BCUT2D eigenvalue weighted by molar-refractivity contribution is 5.98. The number of aromatic nitrogens is 1. The number of anilines is 1. The fourth-order valence-corrected chi connectivity index (χ4v) is 0.965. The highest BCUT2D eigenvalue weighted by Gasteiger charge is 2.53. The van der Waals surface area contributed by atoms with E-state index in [1.54, 1.807) is 0 Å². The lowest BCUT2D eigenvalue weighted by Gasteiger charge is -2.26. The van der Waals surface area contributed by atoms with E-state index < -0.39 is 17.6 Å². The number of alkyl halides is 3. The van der Waals surface area contributed by atoms with Gasteiger partial charge in [0.25, 0.3) is 5.91 Å². The maximum Gasteiger partial charge on any atom is 0.415 e. The summed E-state index contributed by atoms with van der Waals surface area (Å²) >= 11 is 0. The lowest BCUT2D eigenvalue weighted by Crippen LogP contribution is -2.59. The minimum atomic E-state index is -4.84. The smallest absolute Gasteiger partial charge is 0.415 e. The molecule has 0 spiro atoms. The summed E-state index contributed by atoms with van der Waals surface area (Å²) in [7, 11) is 1.39. The number of halogens is 3. The van der Waals surface area contributed by atoms with Crippen LogP contribution in [0.25, 0.3) is 0 Å². The van der Waals surface area contributed by atoms with Crippen LogP contribution in [-0.4, -0.2) is 29.7 Å². The maximum absolute atomic E-state index is 12.5. The standard InChI is InChI=1S/C10H12F3N3O2/c1-9(14,10(11,12)13)8(17)16-6-3-4-7(18-2)15-5-6/h3-5H,14H2,1-2H3,(H,16,17). The van der Waals surface area contributed by atoms with Crippen LogP contribution in [0.3, 0.4) is 0 Å². The number of nitrogens with two attached hydrogens (primary N) is 1. The number of hydrogen-bond acceptors (Lipinski definition) is 4. The number of ether oxygens (including phenoxy) is 1. The lowest BCUT2D eigenvalue weighted by atomic mass is 10.0. The Morgan fingerprint density at radius 3 is 2.44 bits per heavy atom. The van der Waals surface area contributed by atoms with Crippen LogP contribution < -0.4 is 15.8 Å². The molecule has 5 nitrogen and oxygen atoms in total. The molecule has 1 amide bonds. The summed E-state index contributed by atoms with van der Waals surface area (Å²) in [4.78, 5) is 15.2. The average Bonchev–Trinajstić information content (AvgIpc) is 2.28. The molecule has 0 radical (unpaired) electrons. The van der Waals surface area contributed by atoms with Crippen LogP contribution in [0, 0.1) is 0 Å². The van der Waals surface area contributed by atoms with Gasteiger partial charge < -0.3 is 15.8 Å². The molecule has 0 saturated carbocycles. The molecule has 1 rings (SSSR count). The third kappa shape index (κ3) is 2.89. The number of hydrogen-bond donors (Lipinski definition) is 2. The van der Waals surface area contributed by atoms with Gasteiger partial charge in [-0.05, 0) is 13.0 Å². The van der Waals surface area contributed by atoms with E-state index >= 15 is 0 Å². The zero-order chi connectivity index (χ0) is 14.0. The van der Waals surface area contributed by atoms with Gasteiger partial charge in [0.15, 0.2) is 5.54 Å². The van der Waals surface area contributed by atoms with E-state index in [0.29, 0.717) is 6.92 Å². The van der Waals surface area contributed by atoms with Crippen molar-refractivity contribution in [2.24, 2.45) is 5.73 Å². The molecule has 0 aliphatic heterocycles. The van der Waals surface area contributed by atoms with Crippen molar-refractivity contribution >= 4 is 11.6 Å². The number of nitrogens with one attached hydrogen (secondary N) is 1. The third-order valence-corrected chi connectivity index (χ3v) is 2.26. The van der Waals surface area contributed by atoms with Crippen molar-refractivity contribution in [3.63, 3.8) is 0 Å². The van der Waals surface area contributed by atoms with Crippen LogP contribution in [0.4, 0.5) is 18.9 Å². The minimum absolute atomic E-state index is 0.0988. The van der Waals surface area contributed by atoms with Gasteiger partial charge in [-0.25, -0.2) is 4.98 Å². The van der Waals surface area contributed by atoms with Gasteiger partial charge in [-0.1, -0.05) is 0 Å². The molecule has 0 aromatic carbocycles. The van der Waals surface area contributed by atoms with Crippen molar-refractivity contribution in [3.8, 4) is 5.88 Å². The molecule has 0 aliphatic rings. The minimum Gasteiger partial charge on any atom is -0.481 e. The molecular formula is C10H12F3N3O2. The molecule has 1 unspecified atom stereocenters. The molecule has 0 aliphatic carbocycles. The Bertz CT molecular complexity index is 429. The second kappa shape index (κ2) is 4.81. The van der Waals surface area contributed by atoms with Crippen molar-refractivity contribution in [3.05, 3.63) is 18.3 Å². The van der Waals surface area contributed by atoms with Crippen molar-refractivity contribution in [1.29, 1.82) is 0 Å². The molecule has 0 fully saturated rings. The highest BCUT2D eigenvalue weighted by Crippen LogP contribution is 2.29. The fourth-order valence-electron chi connectivity index (χ4n) is 0.965. The molecule has 18 heavy (non-hydrogen) atoms. The first kappa shape index (κ1) is 14.2. The fraction of sp³-hybridized carbons (Fsp3) is 0.400. The molecule has 3 N–H and O–H groups in total. The zero-order valence-corrected chi connectivity index (χ0v) is 9.71. The van der Waals surface area contributed by atoms with Crippen LogP contribution in [0.15, 0.2) is 18.3 Å². The molecule has 100 valence electrons. The molecular weight excluding hydrogens is 251 g/mol. The SMILES string of the molecule is COc1ccc(NC(=O)C(C)(N)C(F)(F)F)cn1. The van der Waals surface area contributed by atoms with Gasteiger partial charge in [0, 0.05) is 6.07 Å². The normalized spacial score (nSPS) is 14.8. The van der Waals surface area contributed by atoms with Gasteiger partial charge in [0.05, 0.1) is 19.0 Å². The summed E-state index contributed by atoms with van der Waals surface area (Å²) in [6, 6.07) is 2.76. The predicted octanol–water partition coefficient (Wildman–Crippen LogP) is 1.31. The molecule has 8 heteroatoms. The zero-order valence-electron chi connectivity index (χ0n) is 9.71. The number of methoxy groups -OCH3 is 1. The van der Waals surface area contributed by atoms with E-state index in [1.807, 2.05) is 5.32 Å². The van der Waals surface area contributed by atoms with Gasteiger partial charge in [-0.3, -0.25) is 4.79 Å².